The number of anilines is 1. The lowest BCUT2D eigenvalue weighted by atomic mass is 9.68. The second-order valence-corrected chi connectivity index (χ2v) is 10.1. The number of hydrogen-bond acceptors (Lipinski definition) is 5. The Morgan fingerprint density at radius 3 is 2.53 bits per heavy atom. The highest BCUT2D eigenvalue weighted by molar-refractivity contribution is 8.00. The van der Waals surface area contributed by atoms with Crippen LogP contribution in [0.5, 0.6) is 0 Å². The summed E-state index contributed by atoms with van der Waals surface area (Å²) in [6.07, 6.45) is 10.9. The van der Waals surface area contributed by atoms with Crippen molar-refractivity contribution < 1.29 is 4.39 Å². The first-order valence-corrected chi connectivity index (χ1v) is 11.8. The van der Waals surface area contributed by atoms with Gasteiger partial charge in [0, 0.05) is 57.2 Å². The van der Waals surface area contributed by atoms with Crippen LogP contribution in [0.3, 0.4) is 0 Å². The average Bonchev–Trinajstić information content (AvgIpc) is 3.04. The molecule has 0 aromatic heterocycles. The molecule has 1 aliphatic carbocycles. The predicted octanol–water partition coefficient (Wildman–Crippen LogP) is 5.58. The number of likely N-dealkylation sites (N-methyl/N-ethyl adjacent to an activating group) is 1. The molecule has 1 saturated heterocycles. The summed E-state index contributed by atoms with van der Waals surface area (Å²) in [5.74, 6) is -0.221. The molecule has 0 spiro atoms. The minimum absolute atomic E-state index is 0.100. The molecule has 3 aliphatic rings. The van der Waals surface area contributed by atoms with Gasteiger partial charge in [-0.05, 0) is 67.6 Å². The molecule has 6 heteroatoms. The quantitative estimate of drug-likeness (QED) is 0.411. The normalized spacial score (nSPS) is 26.0. The average molecular weight is 453 g/mol. The van der Waals surface area contributed by atoms with Crippen LogP contribution in [0.4, 0.5) is 10.1 Å². The van der Waals surface area contributed by atoms with Crippen molar-refractivity contribution in [2.45, 2.75) is 25.9 Å². The van der Waals surface area contributed by atoms with E-state index in [0.717, 1.165) is 37.3 Å². The molecule has 2 atom stereocenters. The van der Waals surface area contributed by atoms with Gasteiger partial charge in [-0.1, -0.05) is 24.3 Å². The lowest BCUT2D eigenvalue weighted by Crippen LogP contribution is -2.43. The number of allylic oxidation sites excluding steroid dienone is 3. The van der Waals surface area contributed by atoms with Gasteiger partial charge in [-0.15, -0.1) is 6.58 Å². The summed E-state index contributed by atoms with van der Waals surface area (Å²) in [6.45, 7) is 12.5. The molecule has 0 radical (unpaired) electrons. The third kappa shape index (κ3) is 4.02. The molecule has 4 nitrogen and oxygen atoms in total. The van der Waals surface area contributed by atoms with Gasteiger partial charge in [-0.25, -0.2) is 8.70 Å². The van der Waals surface area contributed by atoms with E-state index in [1.165, 1.54) is 28.3 Å². The van der Waals surface area contributed by atoms with E-state index in [4.69, 9.17) is 0 Å². The molecule has 32 heavy (non-hydrogen) atoms. The van der Waals surface area contributed by atoms with Crippen molar-refractivity contribution in [2.75, 3.05) is 39.1 Å². The molecule has 1 aromatic carbocycles. The highest BCUT2D eigenvalue weighted by atomic mass is 32.2. The van der Waals surface area contributed by atoms with Gasteiger partial charge in [0.05, 0.1) is 6.17 Å². The van der Waals surface area contributed by atoms with Crippen molar-refractivity contribution in [1.82, 2.24) is 14.1 Å². The Morgan fingerprint density at radius 2 is 1.94 bits per heavy atom. The molecular formula is C26H33FN4S. The van der Waals surface area contributed by atoms with E-state index in [2.05, 4.69) is 71.5 Å². The van der Waals surface area contributed by atoms with E-state index in [0.29, 0.717) is 6.17 Å². The van der Waals surface area contributed by atoms with Crippen LogP contribution >= 0.6 is 11.9 Å². The van der Waals surface area contributed by atoms with Crippen molar-refractivity contribution >= 4 is 17.6 Å². The standard InChI is InChI=1S/C26H33FN4S/c1-7-20-16-26(8-2)18-31(32-25-17-28(4)19(3)29(25)5)14-13-21(26)15-24(20)30(6)23-11-9-22(27)10-12-23/h7-12,15,17,19H,1-2,13-14,16,18H2,3-6H3. The van der Waals surface area contributed by atoms with Crippen LogP contribution in [0.2, 0.25) is 0 Å². The SMILES string of the molecule is C=CC1=C(N(C)c2ccc(F)cc2)C=C2CCN(SC3=CN(C)C(C)N3C)CC2(C=C)C1. The minimum atomic E-state index is -0.221. The van der Waals surface area contributed by atoms with Crippen LogP contribution in [-0.2, 0) is 0 Å². The number of rotatable bonds is 6. The summed E-state index contributed by atoms with van der Waals surface area (Å²) in [7, 11) is 6.32. The molecule has 4 rings (SSSR count). The maximum absolute atomic E-state index is 13.4. The fraction of sp³-hybridized carbons (Fsp3) is 0.385. The van der Waals surface area contributed by atoms with Crippen LogP contribution in [0.25, 0.3) is 0 Å². The Labute approximate surface area is 196 Å². The van der Waals surface area contributed by atoms with Gasteiger partial charge in [0.25, 0.3) is 0 Å². The molecule has 1 fully saturated rings. The van der Waals surface area contributed by atoms with Crippen molar-refractivity contribution in [3.05, 3.63) is 89.5 Å². The zero-order valence-electron chi connectivity index (χ0n) is 19.5. The Bertz CT molecular complexity index is 996. The Balaban J connectivity index is 1.58. The van der Waals surface area contributed by atoms with Gasteiger partial charge in [0.15, 0.2) is 0 Å². The molecule has 2 unspecified atom stereocenters. The fourth-order valence-electron chi connectivity index (χ4n) is 4.75. The van der Waals surface area contributed by atoms with Crippen molar-refractivity contribution in [1.29, 1.82) is 0 Å². The van der Waals surface area contributed by atoms with Crippen LogP contribution in [0.15, 0.2) is 83.7 Å². The first-order chi connectivity index (χ1) is 15.3. The van der Waals surface area contributed by atoms with Crippen LogP contribution in [-0.4, -0.2) is 54.5 Å². The van der Waals surface area contributed by atoms with Crippen molar-refractivity contribution in [3.8, 4) is 0 Å². The monoisotopic (exact) mass is 452 g/mol. The minimum Gasteiger partial charge on any atom is -0.358 e. The summed E-state index contributed by atoms with van der Waals surface area (Å²) in [5.41, 5.74) is 4.60. The van der Waals surface area contributed by atoms with E-state index in [1.54, 1.807) is 0 Å². The van der Waals surface area contributed by atoms with Gasteiger partial charge in [-0.2, -0.15) is 0 Å². The fourth-order valence-corrected chi connectivity index (χ4v) is 5.99. The van der Waals surface area contributed by atoms with Gasteiger partial charge in [0.2, 0.25) is 0 Å². The van der Waals surface area contributed by atoms with Crippen molar-refractivity contribution in [2.24, 2.45) is 5.41 Å². The summed E-state index contributed by atoms with van der Waals surface area (Å²) in [5, 5.41) is 1.28. The number of benzene rings is 1. The second kappa shape index (κ2) is 8.83. The molecule has 0 N–H and O–H groups in total. The maximum Gasteiger partial charge on any atom is 0.123 e. The molecule has 2 aliphatic heterocycles. The largest absolute Gasteiger partial charge is 0.358 e. The van der Waals surface area contributed by atoms with E-state index in [1.807, 2.05) is 37.2 Å². The van der Waals surface area contributed by atoms with E-state index < -0.39 is 0 Å². The first-order valence-electron chi connectivity index (χ1n) is 11.1. The number of halogens is 1. The molecule has 0 bridgehead atoms. The molecule has 1 aromatic rings. The Kier molecular flexibility index (Phi) is 6.28. The number of hydrogen-bond donors (Lipinski definition) is 0. The molecule has 0 amide bonds. The van der Waals surface area contributed by atoms with Gasteiger partial charge >= 0.3 is 0 Å². The van der Waals surface area contributed by atoms with Crippen molar-refractivity contribution in [3.63, 3.8) is 0 Å². The van der Waals surface area contributed by atoms with Crippen LogP contribution < -0.4 is 4.90 Å². The zero-order chi connectivity index (χ0) is 23.0. The summed E-state index contributed by atoms with van der Waals surface area (Å²) in [6, 6.07) is 6.65. The smallest absolute Gasteiger partial charge is 0.123 e. The second-order valence-electron chi connectivity index (χ2n) is 8.94. The Morgan fingerprint density at radius 1 is 1.22 bits per heavy atom. The predicted molar refractivity (Wildman–Crippen MR) is 134 cm³/mol. The molecular weight excluding hydrogens is 419 g/mol. The Hall–Kier alpha value is -2.44. The summed E-state index contributed by atoms with van der Waals surface area (Å²) >= 11 is 1.84. The number of piperidine rings is 1. The van der Waals surface area contributed by atoms with Crippen LogP contribution in [0, 0.1) is 11.2 Å². The van der Waals surface area contributed by atoms with E-state index in [-0.39, 0.29) is 11.2 Å². The van der Waals surface area contributed by atoms with E-state index in [9.17, 15) is 4.39 Å². The maximum atomic E-state index is 13.4. The van der Waals surface area contributed by atoms with Gasteiger partial charge < -0.3 is 14.7 Å². The highest BCUT2D eigenvalue weighted by Gasteiger charge is 2.41. The third-order valence-corrected chi connectivity index (χ3v) is 8.27. The lowest BCUT2D eigenvalue weighted by molar-refractivity contribution is 0.222. The number of nitrogens with zero attached hydrogens (tertiary/aromatic N) is 4. The lowest BCUT2D eigenvalue weighted by Gasteiger charge is -2.46. The van der Waals surface area contributed by atoms with E-state index >= 15 is 0 Å². The zero-order valence-corrected chi connectivity index (χ0v) is 20.3. The summed E-state index contributed by atoms with van der Waals surface area (Å²) in [4.78, 5) is 6.70. The van der Waals surface area contributed by atoms with Crippen LogP contribution in [0.1, 0.15) is 19.8 Å². The third-order valence-electron chi connectivity index (χ3n) is 7.12. The molecule has 0 saturated carbocycles. The molecule has 170 valence electrons. The molecule has 2 heterocycles. The van der Waals surface area contributed by atoms with Gasteiger partial charge in [-0.3, -0.25) is 0 Å². The topological polar surface area (TPSA) is 13.0 Å². The van der Waals surface area contributed by atoms with Gasteiger partial charge in [0.1, 0.15) is 10.8 Å². The highest BCUT2D eigenvalue weighted by Crippen LogP contribution is 2.49. The summed E-state index contributed by atoms with van der Waals surface area (Å²) < 4.78 is 15.9. The number of fused-ring (bicyclic) bond motifs is 1. The first kappa shape index (κ1) is 22.7.